The minimum Gasteiger partial charge on any atom is -0.258 e. The van der Waals surface area contributed by atoms with E-state index in [4.69, 9.17) is 23.1 Å². The lowest BCUT2D eigenvalue weighted by Crippen LogP contribution is -2.68. The molecule has 0 bridgehead atoms. The third kappa shape index (κ3) is 6.84. The number of non-ortho nitro benzene ring substituents is 2. The van der Waals surface area contributed by atoms with Gasteiger partial charge in [-0.25, -0.2) is 23.1 Å². The van der Waals surface area contributed by atoms with E-state index < -0.39 is 20.1 Å². The molecule has 156 valence electrons. The number of halogens is 1. The summed E-state index contributed by atoms with van der Waals surface area (Å²) in [6.45, 7) is 1.80. The number of aryl methyl sites for hydroxylation is 1. The van der Waals surface area contributed by atoms with E-state index in [9.17, 15) is 20.2 Å². The molecule has 1 aromatic heterocycles. The molecule has 0 aliphatic rings. The first-order valence-electron chi connectivity index (χ1n) is 8.00. The predicted octanol–water partition coefficient (Wildman–Crippen LogP) is 0.264. The maximum atomic E-state index is 10.8. The Kier molecular flexibility index (Phi) is 7.10. The maximum absolute atomic E-state index is 10.8. The van der Waals surface area contributed by atoms with Gasteiger partial charge in [0.25, 0.3) is 11.4 Å². The van der Waals surface area contributed by atoms with E-state index in [1.165, 1.54) is 24.3 Å². The Hall–Kier alpha value is -3.48. The van der Waals surface area contributed by atoms with Crippen molar-refractivity contribution in [1.82, 2.24) is 0 Å². The van der Waals surface area contributed by atoms with Crippen molar-refractivity contribution in [3.8, 4) is 22.5 Å². The molecule has 11 nitrogen and oxygen atoms in total. The zero-order valence-corrected chi connectivity index (χ0v) is 16.0. The maximum Gasteiger partial charge on any atom is 0.360 e. The third-order valence-corrected chi connectivity index (χ3v) is 3.69. The van der Waals surface area contributed by atoms with Gasteiger partial charge in [0.05, 0.1) is 28.4 Å². The predicted molar refractivity (Wildman–Crippen MR) is 92.0 cm³/mol. The van der Waals surface area contributed by atoms with Gasteiger partial charge >= 0.3 is 11.5 Å². The molecule has 3 aromatic rings. The second kappa shape index (κ2) is 9.35. The average Bonchev–Trinajstić information content (AvgIpc) is 2.66. The van der Waals surface area contributed by atoms with Crippen molar-refractivity contribution >= 4 is 11.4 Å². The molecule has 0 fully saturated rings. The van der Waals surface area contributed by atoms with Crippen molar-refractivity contribution in [3.05, 3.63) is 86.7 Å². The fourth-order valence-corrected chi connectivity index (χ4v) is 2.47. The monoisotopic (exact) mass is 436 g/mol. The quantitative estimate of drug-likeness (QED) is 0.313. The summed E-state index contributed by atoms with van der Waals surface area (Å²) < 4.78 is 39.7. The largest absolute Gasteiger partial charge is 0.360 e. The standard InChI is InChI=1S/C18H13N2O5.ClHO4/c1-12-10-15(13-2-6-16(7-3-13)19(21)22)11-18(25-12)14-4-8-17(9-5-14)20(23)24;2-1(3,4)5/h2-11H,1H3;(H,2,3,4,5)/q+1;/p-1. The lowest BCUT2D eigenvalue weighted by Gasteiger charge is -2.17. The first kappa shape index (κ1) is 22.8. The van der Waals surface area contributed by atoms with Gasteiger partial charge in [0.15, 0.2) is 0 Å². The molecule has 30 heavy (non-hydrogen) atoms. The van der Waals surface area contributed by atoms with Crippen molar-refractivity contribution in [2.45, 2.75) is 6.92 Å². The van der Waals surface area contributed by atoms with Gasteiger partial charge in [0.1, 0.15) is 0 Å². The summed E-state index contributed by atoms with van der Waals surface area (Å²) in [6.07, 6.45) is 0. The average molecular weight is 437 g/mol. The zero-order valence-electron chi connectivity index (χ0n) is 15.2. The second-order valence-electron chi connectivity index (χ2n) is 5.81. The van der Waals surface area contributed by atoms with Gasteiger partial charge in [0.2, 0.25) is 0 Å². The van der Waals surface area contributed by atoms with Gasteiger partial charge in [0, 0.05) is 35.9 Å². The fourth-order valence-electron chi connectivity index (χ4n) is 2.47. The van der Waals surface area contributed by atoms with E-state index in [-0.39, 0.29) is 11.4 Å². The van der Waals surface area contributed by atoms with E-state index in [1.54, 1.807) is 37.3 Å². The molecule has 0 atom stereocenters. The lowest BCUT2D eigenvalue weighted by molar-refractivity contribution is -2.00. The van der Waals surface area contributed by atoms with Gasteiger partial charge in [-0.1, -0.05) is 0 Å². The van der Waals surface area contributed by atoms with Crippen molar-refractivity contribution < 1.29 is 43.1 Å². The molecular weight excluding hydrogens is 424 g/mol. The number of hydrogen-bond acceptors (Lipinski definition) is 8. The van der Waals surface area contributed by atoms with Gasteiger partial charge in [-0.15, -0.1) is 10.2 Å². The van der Waals surface area contributed by atoms with Crippen LogP contribution in [-0.4, -0.2) is 9.85 Å². The van der Waals surface area contributed by atoms with E-state index in [2.05, 4.69) is 0 Å². The van der Waals surface area contributed by atoms with E-state index in [0.29, 0.717) is 17.1 Å². The summed E-state index contributed by atoms with van der Waals surface area (Å²) in [5.74, 6) is 1.22. The van der Waals surface area contributed by atoms with Crippen LogP contribution in [0, 0.1) is 37.4 Å². The number of rotatable bonds is 4. The summed E-state index contributed by atoms with van der Waals surface area (Å²) in [5, 5.41) is 21.5. The highest BCUT2D eigenvalue weighted by Gasteiger charge is 2.18. The first-order valence-corrected chi connectivity index (χ1v) is 9.23. The van der Waals surface area contributed by atoms with Crippen LogP contribution in [0.3, 0.4) is 0 Å². The molecule has 0 saturated carbocycles. The smallest absolute Gasteiger partial charge is 0.258 e. The van der Waals surface area contributed by atoms with Crippen LogP contribution in [0.4, 0.5) is 11.4 Å². The normalized spacial score (nSPS) is 10.7. The van der Waals surface area contributed by atoms with Crippen LogP contribution in [0.15, 0.2) is 65.1 Å². The highest BCUT2D eigenvalue weighted by Crippen LogP contribution is 2.30. The van der Waals surface area contributed by atoms with Gasteiger partial charge in [-0.3, -0.25) is 20.2 Å². The van der Waals surface area contributed by atoms with Crippen LogP contribution >= 0.6 is 0 Å². The number of nitro groups is 2. The third-order valence-electron chi connectivity index (χ3n) is 3.69. The topological polar surface area (TPSA) is 190 Å². The minimum atomic E-state index is -4.94. The Labute approximate surface area is 171 Å². The molecule has 3 rings (SSSR count). The Morgan fingerprint density at radius 2 is 1.10 bits per heavy atom. The summed E-state index contributed by atoms with van der Waals surface area (Å²) >= 11 is 0. The molecule has 1 heterocycles. The van der Waals surface area contributed by atoms with Crippen molar-refractivity contribution in [2.24, 2.45) is 0 Å². The first-order chi connectivity index (χ1) is 13.9. The molecule has 2 aromatic carbocycles. The van der Waals surface area contributed by atoms with E-state index >= 15 is 0 Å². The van der Waals surface area contributed by atoms with Crippen LogP contribution in [0.25, 0.3) is 22.5 Å². The highest BCUT2D eigenvalue weighted by atomic mass is 35.7. The summed E-state index contributed by atoms with van der Waals surface area (Å²) in [5.41, 5.74) is 2.39. The molecule has 0 amide bonds. The van der Waals surface area contributed by atoms with Crippen LogP contribution in [-0.2, 0) is 0 Å². The lowest BCUT2D eigenvalue weighted by atomic mass is 10.0. The molecule has 0 spiro atoms. The van der Waals surface area contributed by atoms with Gasteiger partial charge in [-0.2, -0.15) is 0 Å². The molecule has 0 N–H and O–H groups in total. The van der Waals surface area contributed by atoms with Crippen LogP contribution in [0.5, 0.6) is 0 Å². The van der Waals surface area contributed by atoms with Crippen molar-refractivity contribution in [1.29, 1.82) is 0 Å². The van der Waals surface area contributed by atoms with Crippen molar-refractivity contribution in [2.75, 3.05) is 0 Å². The van der Waals surface area contributed by atoms with Gasteiger partial charge < -0.3 is 0 Å². The Morgan fingerprint density at radius 1 is 0.700 bits per heavy atom. The fraction of sp³-hybridized carbons (Fsp3) is 0.0556. The van der Waals surface area contributed by atoms with Gasteiger partial charge in [-0.05, 0) is 29.8 Å². The molecule has 0 radical (unpaired) electrons. The number of nitro benzene ring substituents is 2. The number of hydrogen-bond donors (Lipinski definition) is 0. The summed E-state index contributed by atoms with van der Waals surface area (Å²) in [7, 11) is -4.94. The molecular formula is C18H13ClN2O9. The molecule has 0 aliphatic carbocycles. The summed E-state index contributed by atoms with van der Waals surface area (Å²) in [6, 6.07) is 15.9. The van der Waals surface area contributed by atoms with Crippen molar-refractivity contribution in [3.63, 3.8) is 0 Å². The highest BCUT2D eigenvalue weighted by molar-refractivity contribution is 5.70. The number of benzene rings is 2. The second-order valence-corrected chi connectivity index (χ2v) is 6.56. The van der Waals surface area contributed by atoms with Crippen LogP contribution in [0.1, 0.15) is 5.76 Å². The Bertz CT molecular complexity index is 967. The number of nitrogens with zero attached hydrogens (tertiary/aromatic N) is 2. The minimum absolute atomic E-state index is 0.00648. The zero-order chi connectivity index (χ0) is 22.5. The SMILES string of the molecule is Cc1cc(-c2ccc([N+](=O)[O-])cc2)cc(-c2ccc([N+](=O)[O-])cc2)[o+]1.[O-][Cl+3]([O-])([O-])[O-]. The summed E-state index contributed by atoms with van der Waals surface area (Å²) in [4.78, 5) is 20.6. The van der Waals surface area contributed by atoms with Crippen LogP contribution in [0.2, 0.25) is 0 Å². The molecule has 0 unspecified atom stereocenters. The van der Waals surface area contributed by atoms with Crippen LogP contribution < -0.4 is 18.6 Å². The van der Waals surface area contributed by atoms with E-state index in [0.717, 1.165) is 11.1 Å². The Morgan fingerprint density at radius 3 is 1.50 bits per heavy atom. The molecule has 0 aliphatic heterocycles. The molecule has 12 heteroatoms. The molecule has 0 saturated heterocycles. The van der Waals surface area contributed by atoms with E-state index in [1.807, 2.05) is 6.07 Å². The Balaban J connectivity index is 0.000000575.